The van der Waals surface area contributed by atoms with Crippen LogP contribution in [0.1, 0.15) is 24.3 Å². The Bertz CT molecular complexity index is 1160. The first kappa shape index (κ1) is 20.3. The molecule has 3 aliphatic rings. The fraction of sp³-hybridized carbons (Fsp3) is 0.455. The molecule has 1 saturated heterocycles. The van der Waals surface area contributed by atoms with Crippen molar-refractivity contribution in [1.82, 2.24) is 19.4 Å². The average Bonchev–Trinajstić information content (AvgIpc) is 3.46. The van der Waals surface area contributed by atoms with Crippen molar-refractivity contribution in [2.75, 3.05) is 33.0 Å². The van der Waals surface area contributed by atoms with Crippen molar-refractivity contribution in [2.24, 2.45) is 5.92 Å². The second kappa shape index (κ2) is 8.18. The Morgan fingerprint density at radius 2 is 1.75 bits per heavy atom. The maximum absolute atomic E-state index is 12.9. The van der Waals surface area contributed by atoms with Gasteiger partial charge in [-0.15, -0.1) is 0 Å². The van der Waals surface area contributed by atoms with E-state index in [2.05, 4.69) is 4.98 Å². The highest BCUT2D eigenvalue weighted by atomic mass is 16.7. The summed E-state index contributed by atoms with van der Waals surface area (Å²) in [5.74, 6) is 1.72. The molecular formula is C22H24N4O6. The van der Waals surface area contributed by atoms with Gasteiger partial charge in [0.25, 0.3) is 5.56 Å². The standard InChI is InChI=1S/C22H24N4O6/c27-19-3-5-26(22(30)23-19)6-4-20(28)24-7-9-25(10-8-24)21(29)16-12-15(16)14-1-2-17-18(11-14)32-13-31-17/h1-3,5,11,15-16H,4,6-10,12-13H2,(H,23,27,30)/t15-,16-/m0/s1. The van der Waals surface area contributed by atoms with Crippen molar-refractivity contribution in [3.8, 4) is 11.5 Å². The summed E-state index contributed by atoms with van der Waals surface area (Å²) in [6, 6.07) is 7.11. The van der Waals surface area contributed by atoms with Gasteiger partial charge in [-0.25, -0.2) is 4.79 Å². The number of ether oxygens (including phenoxy) is 2. The lowest BCUT2D eigenvalue weighted by atomic mass is 10.1. The second-order valence-corrected chi connectivity index (χ2v) is 8.32. The van der Waals surface area contributed by atoms with Gasteiger partial charge in [-0.2, -0.15) is 0 Å². The number of hydrogen-bond acceptors (Lipinski definition) is 6. The van der Waals surface area contributed by atoms with E-state index in [9.17, 15) is 19.2 Å². The van der Waals surface area contributed by atoms with Gasteiger partial charge in [-0.1, -0.05) is 6.07 Å². The van der Waals surface area contributed by atoms with E-state index in [-0.39, 0.29) is 43.4 Å². The number of amides is 2. The van der Waals surface area contributed by atoms with Gasteiger partial charge in [0.1, 0.15) is 0 Å². The molecule has 2 amide bonds. The van der Waals surface area contributed by atoms with E-state index < -0.39 is 11.2 Å². The Morgan fingerprint density at radius 3 is 2.53 bits per heavy atom. The minimum atomic E-state index is -0.526. The number of carbonyl (C=O) groups is 2. The summed E-state index contributed by atoms with van der Waals surface area (Å²) < 4.78 is 12.1. The Hall–Kier alpha value is -3.56. The third-order valence-electron chi connectivity index (χ3n) is 6.34. The lowest BCUT2D eigenvalue weighted by Gasteiger charge is -2.35. The summed E-state index contributed by atoms with van der Waals surface area (Å²) in [5.41, 5.74) is 0.107. The number of nitrogens with zero attached hydrogens (tertiary/aromatic N) is 3. The first-order valence-electron chi connectivity index (χ1n) is 10.8. The summed E-state index contributed by atoms with van der Waals surface area (Å²) >= 11 is 0. The highest BCUT2D eigenvalue weighted by Crippen LogP contribution is 2.50. The predicted octanol–water partition coefficient (Wildman–Crippen LogP) is 0.130. The zero-order chi connectivity index (χ0) is 22.2. The highest BCUT2D eigenvalue weighted by Gasteiger charge is 2.46. The summed E-state index contributed by atoms with van der Waals surface area (Å²) in [5, 5.41) is 0. The van der Waals surface area contributed by atoms with E-state index in [1.54, 1.807) is 4.90 Å². The molecule has 0 bridgehead atoms. The van der Waals surface area contributed by atoms with Crippen LogP contribution < -0.4 is 20.7 Å². The molecule has 1 aliphatic carbocycles. The Morgan fingerprint density at radius 1 is 1.00 bits per heavy atom. The van der Waals surface area contributed by atoms with Gasteiger partial charge < -0.3 is 23.8 Å². The Labute approximate surface area is 183 Å². The van der Waals surface area contributed by atoms with Gasteiger partial charge >= 0.3 is 5.69 Å². The molecule has 1 aromatic carbocycles. The smallest absolute Gasteiger partial charge is 0.328 e. The Kier molecular flexibility index (Phi) is 5.20. The zero-order valence-corrected chi connectivity index (χ0v) is 17.5. The fourth-order valence-electron chi connectivity index (χ4n) is 4.39. The average molecular weight is 440 g/mol. The molecule has 1 aromatic heterocycles. The van der Waals surface area contributed by atoms with Crippen LogP contribution >= 0.6 is 0 Å². The molecule has 5 rings (SSSR count). The van der Waals surface area contributed by atoms with Crippen molar-refractivity contribution in [1.29, 1.82) is 0 Å². The number of benzene rings is 1. The van der Waals surface area contributed by atoms with Gasteiger partial charge in [0, 0.05) is 57.3 Å². The molecule has 0 radical (unpaired) electrons. The summed E-state index contributed by atoms with van der Waals surface area (Å²) in [4.78, 5) is 54.0. The lowest BCUT2D eigenvalue weighted by Crippen LogP contribution is -2.51. The summed E-state index contributed by atoms with van der Waals surface area (Å²) in [6.45, 7) is 2.41. The molecule has 0 unspecified atom stereocenters. The van der Waals surface area contributed by atoms with Crippen LogP contribution in [0.2, 0.25) is 0 Å². The van der Waals surface area contributed by atoms with Crippen molar-refractivity contribution in [3.63, 3.8) is 0 Å². The molecule has 168 valence electrons. The zero-order valence-electron chi connectivity index (χ0n) is 17.5. The first-order valence-corrected chi connectivity index (χ1v) is 10.8. The van der Waals surface area contributed by atoms with Crippen LogP contribution in [0.3, 0.4) is 0 Å². The largest absolute Gasteiger partial charge is 0.454 e. The fourth-order valence-corrected chi connectivity index (χ4v) is 4.39. The van der Waals surface area contributed by atoms with E-state index in [0.717, 1.165) is 23.5 Å². The van der Waals surface area contributed by atoms with E-state index in [0.29, 0.717) is 26.2 Å². The number of hydrogen-bond donors (Lipinski definition) is 1. The molecule has 10 heteroatoms. The topological polar surface area (TPSA) is 114 Å². The van der Waals surface area contributed by atoms with Crippen molar-refractivity contribution >= 4 is 11.8 Å². The third kappa shape index (κ3) is 4.00. The minimum absolute atomic E-state index is 0.0234. The number of piperazine rings is 1. The second-order valence-electron chi connectivity index (χ2n) is 8.32. The number of nitrogens with one attached hydrogen (secondary N) is 1. The van der Waals surface area contributed by atoms with E-state index in [4.69, 9.17) is 9.47 Å². The van der Waals surface area contributed by atoms with Crippen molar-refractivity contribution < 1.29 is 19.1 Å². The number of aryl methyl sites for hydroxylation is 1. The van der Waals surface area contributed by atoms with Crippen LogP contribution in [0.15, 0.2) is 40.1 Å². The number of rotatable bonds is 5. The number of fused-ring (bicyclic) bond motifs is 1. The van der Waals surface area contributed by atoms with Crippen LogP contribution in [0.25, 0.3) is 0 Å². The maximum atomic E-state index is 12.9. The molecule has 2 aromatic rings. The molecular weight excluding hydrogens is 416 g/mol. The van der Waals surface area contributed by atoms with E-state index in [1.165, 1.54) is 16.8 Å². The van der Waals surface area contributed by atoms with Crippen LogP contribution in [0.4, 0.5) is 0 Å². The molecule has 2 fully saturated rings. The van der Waals surface area contributed by atoms with Crippen molar-refractivity contribution in [3.05, 3.63) is 56.9 Å². The van der Waals surface area contributed by atoms with Gasteiger partial charge in [-0.3, -0.25) is 19.4 Å². The van der Waals surface area contributed by atoms with Crippen LogP contribution in [-0.2, 0) is 16.1 Å². The van der Waals surface area contributed by atoms with E-state index in [1.807, 2.05) is 23.1 Å². The highest BCUT2D eigenvalue weighted by molar-refractivity contribution is 5.83. The van der Waals surface area contributed by atoms with Gasteiger partial charge in [0.15, 0.2) is 11.5 Å². The molecule has 2 atom stereocenters. The molecule has 3 heterocycles. The number of H-pyrrole nitrogens is 1. The lowest BCUT2D eigenvalue weighted by molar-refractivity contribution is -0.140. The maximum Gasteiger partial charge on any atom is 0.328 e. The van der Waals surface area contributed by atoms with Crippen LogP contribution in [0, 0.1) is 5.92 Å². The summed E-state index contributed by atoms with van der Waals surface area (Å²) in [6.07, 6.45) is 2.37. The Balaban J connectivity index is 1.11. The number of aromatic amines is 1. The van der Waals surface area contributed by atoms with Gasteiger partial charge in [-0.05, 0) is 30.0 Å². The monoisotopic (exact) mass is 440 g/mol. The molecule has 10 nitrogen and oxygen atoms in total. The molecule has 1 saturated carbocycles. The predicted molar refractivity (Wildman–Crippen MR) is 113 cm³/mol. The molecule has 32 heavy (non-hydrogen) atoms. The minimum Gasteiger partial charge on any atom is -0.454 e. The van der Waals surface area contributed by atoms with Crippen LogP contribution in [-0.4, -0.2) is 64.1 Å². The van der Waals surface area contributed by atoms with Gasteiger partial charge in [0.05, 0.1) is 0 Å². The van der Waals surface area contributed by atoms with Crippen molar-refractivity contribution in [2.45, 2.75) is 25.3 Å². The third-order valence-corrected chi connectivity index (χ3v) is 6.34. The summed E-state index contributed by atoms with van der Waals surface area (Å²) in [7, 11) is 0. The van der Waals surface area contributed by atoms with Crippen LogP contribution in [0.5, 0.6) is 11.5 Å². The number of aromatic nitrogens is 2. The van der Waals surface area contributed by atoms with Gasteiger partial charge in [0.2, 0.25) is 18.6 Å². The normalized spacial score (nSPS) is 21.5. The molecule has 1 N–H and O–H groups in total. The number of carbonyl (C=O) groups excluding carboxylic acids is 2. The quantitative estimate of drug-likeness (QED) is 0.707. The van der Waals surface area contributed by atoms with E-state index >= 15 is 0 Å². The molecule has 0 spiro atoms. The first-order chi connectivity index (χ1) is 15.5. The molecule has 2 aliphatic heterocycles. The SMILES string of the molecule is O=C(CCn1ccc(=O)[nH]c1=O)N1CCN(C(=O)[C@H]2C[C@H]2c2ccc3c(c2)OCO3)CC1.